The van der Waals surface area contributed by atoms with Crippen molar-refractivity contribution < 1.29 is 28.6 Å². The Morgan fingerprint density at radius 2 is 1.69 bits per heavy atom. The summed E-state index contributed by atoms with van der Waals surface area (Å²) in [5, 5.41) is 11.9. The lowest BCUT2D eigenvalue weighted by molar-refractivity contribution is -0.139. The number of benzene rings is 2. The molecule has 2 N–H and O–H groups in total. The number of carbonyl (C=O) groups is 3. The molecule has 0 radical (unpaired) electrons. The van der Waals surface area contributed by atoms with Gasteiger partial charge < -0.3 is 19.2 Å². The molecule has 2 heterocycles. The first kappa shape index (κ1) is 21.5. The molecular weight excluding hydrogens is 448 g/mol. The average molecular weight is 472 g/mol. The van der Waals surface area contributed by atoms with E-state index < -0.39 is 12.1 Å². The van der Waals surface area contributed by atoms with Gasteiger partial charge in [0.1, 0.15) is 6.61 Å². The van der Waals surface area contributed by atoms with Gasteiger partial charge in [0, 0.05) is 25.1 Å². The number of furan rings is 1. The van der Waals surface area contributed by atoms with Crippen LogP contribution in [0, 0.1) is 17.8 Å². The van der Waals surface area contributed by atoms with Crippen molar-refractivity contribution in [3.05, 3.63) is 77.7 Å². The van der Waals surface area contributed by atoms with Crippen molar-refractivity contribution in [1.29, 1.82) is 0 Å². The van der Waals surface area contributed by atoms with Gasteiger partial charge >= 0.3 is 12.1 Å². The van der Waals surface area contributed by atoms with E-state index in [9.17, 15) is 19.5 Å². The second kappa shape index (κ2) is 8.30. The Hall–Kier alpha value is -4.07. The summed E-state index contributed by atoms with van der Waals surface area (Å²) in [5.74, 6) is -1.46. The van der Waals surface area contributed by atoms with Crippen molar-refractivity contribution in [1.82, 2.24) is 4.90 Å². The number of hydrogen-bond acceptors (Lipinski definition) is 5. The summed E-state index contributed by atoms with van der Waals surface area (Å²) in [6.07, 6.45) is 1.33. The molecule has 3 atom stereocenters. The van der Waals surface area contributed by atoms with Crippen LogP contribution in [0.1, 0.15) is 34.0 Å². The first-order valence-electron chi connectivity index (χ1n) is 11.7. The molecule has 35 heavy (non-hydrogen) atoms. The summed E-state index contributed by atoms with van der Waals surface area (Å²) in [5.41, 5.74) is 4.75. The number of fused-ring (bicyclic) bond motifs is 4. The number of aliphatic carboxylic acids is 1. The number of ether oxygens (including phenoxy) is 1. The van der Waals surface area contributed by atoms with E-state index >= 15 is 0 Å². The zero-order valence-electron chi connectivity index (χ0n) is 18.8. The lowest BCUT2D eigenvalue weighted by Gasteiger charge is -2.25. The maximum atomic E-state index is 13.0. The minimum absolute atomic E-state index is 0.0151. The monoisotopic (exact) mass is 472 g/mol. The van der Waals surface area contributed by atoms with E-state index in [1.165, 1.54) is 12.3 Å². The van der Waals surface area contributed by atoms with Crippen LogP contribution in [0.15, 0.2) is 65.3 Å². The first-order chi connectivity index (χ1) is 17.0. The number of amides is 2. The molecule has 0 spiro atoms. The number of rotatable bonds is 5. The van der Waals surface area contributed by atoms with Gasteiger partial charge in [-0.25, -0.2) is 4.79 Å². The van der Waals surface area contributed by atoms with Crippen LogP contribution in [-0.4, -0.2) is 47.7 Å². The van der Waals surface area contributed by atoms with Gasteiger partial charge in [0.05, 0.1) is 17.9 Å². The Morgan fingerprint density at radius 1 is 1.00 bits per heavy atom. The normalized spacial score (nSPS) is 22.1. The zero-order valence-corrected chi connectivity index (χ0v) is 18.8. The third-order valence-electron chi connectivity index (χ3n) is 7.51. The smallest absolute Gasteiger partial charge is 0.411 e. The molecule has 3 aromatic rings. The zero-order chi connectivity index (χ0) is 24.1. The lowest BCUT2D eigenvalue weighted by Crippen LogP contribution is -2.37. The van der Waals surface area contributed by atoms with Gasteiger partial charge in [0.2, 0.25) is 5.76 Å². The maximum Gasteiger partial charge on any atom is 0.411 e. The number of hydrogen-bond donors (Lipinski definition) is 2. The summed E-state index contributed by atoms with van der Waals surface area (Å²) in [4.78, 5) is 38.6. The van der Waals surface area contributed by atoms with Gasteiger partial charge in [-0.1, -0.05) is 48.5 Å². The van der Waals surface area contributed by atoms with E-state index in [2.05, 4.69) is 17.4 Å². The van der Waals surface area contributed by atoms with Crippen LogP contribution in [0.5, 0.6) is 0 Å². The van der Waals surface area contributed by atoms with Crippen LogP contribution in [0.25, 0.3) is 11.1 Å². The molecule has 1 unspecified atom stereocenters. The first-order valence-corrected chi connectivity index (χ1v) is 11.7. The van der Waals surface area contributed by atoms with Crippen molar-refractivity contribution in [2.45, 2.75) is 12.3 Å². The number of carbonyl (C=O) groups excluding carboxylic acids is 2. The third kappa shape index (κ3) is 3.65. The van der Waals surface area contributed by atoms with E-state index in [1.54, 1.807) is 4.90 Å². The average Bonchev–Trinajstić information content (AvgIpc) is 3.27. The number of anilines is 1. The van der Waals surface area contributed by atoms with Crippen molar-refractivity contribution in [3.63, 3.8) is 0 Å². The van der Waals surface area contributed by atoms with Crippen molar-refractivity contribution in [3.8, 4) is 11.1 Å². The van der Waals surface area contributed by atoms with Gasteiger partial charge in [-0.15, -0.1) is 0 Å². The van der Waals surface area contributed by atoms with Gasteiger partial charge in [-0.2, -0.15) is 0 Å². The fourth-order valence-corrected chi connectivity index (χ4v) is 5.75. The molecule has 2 aromatic carbocycles. The van der Waals surface area contributed by atoms with Crippen LogP contribution in [-0.2, 0) is 9.53 Å². The highest BCUT2D eigenvalue weighted by Gasteiger charge is 2.57. The van der Waals surface area contributed by atoms with Crippen LogP contribution in [0.2, 0.25) is 0 Å². The largest absolute Gasteiger partial charge is 0.481 e. The summed E-state index contributed by atoms with van der Waals surface area (Å²) in [6.45, 7) is 1.01. The highest BCUT2D eigenvalue weighted by molar-refractivity contribution is 6.00. The maximum absolute atomic E-state index is 13.0. The predicted molar refractivity (Wildman–Crippen MR) is 126 cm³/mol. The number of carboxylic acid groups (broad SMARTS) is 1. The SMILES string of the molecule is O=C(Nc1ccoc1C(=O)N1CC[C@H]2C(C(=O)O)[C@H]2C1)OCC1c2ccccc2-c2ccccc21. The Balaban J connectivity index is 1.11. The molecule has 6 rings (SSSR count). The predicted octanol–water partition coefficient (Wildman–Crippen LogP) is 4.43. The van der Waals surface area contributed by atoms with E-state index in [-0.39, 0.29) is 47.6 Å². The summed E-state index contributed by atoms with van der Waals surface area (Å²) >= 11 is 0. The number of nitrogens with one attached hydrogen (secondary N) is 1. The van der Waals surface area contributed by atoms with Crippen molar-refractivity contribution in [2.24, 2.45) is 17.8 Å². The Kier molecular flexibility index (Phi) is 5.09. The second-order valence-electron chi connectivity index (χ2n) is 9.35. The molecular formula is C27H24N2O6. The van der Waals surface area contributed by atoms with E-state index in [4.69, 9.17) is 9.15 Å². The number of likely N-dealkylation sites (tertiary alicyclic amines) is 1. The molecule has 1 saturated heterocycles. The molecule has 1 aromatic heterocycles. The van der Waals surface area contributed by atoms with Crippen LogP contribution in [0.3, 0.4) is 0 Å². The standard InChI is InChI=1S/C27H24N2O6/c30-25(29-11-9-19-20(13-29)23(19)26(31)32)24-22(10-12-34-24)28-27(33)35-14-21-17-7-3-1-5-15(17)16-6-2-4-8-18(16)21/h1-8,10,12,19-21,23H,9,11,13-14H2,(H,28,33)(H,31,32)/t19-,20+,23?/m1/s1. The van der Waals surface area contributed by atoms with E-state index in [0.29, 0.717) is 19.5 Å². The molecule has 1 aliphatic heterocycles. The minimum Gasteiger partial charge on any atom is -0.481 e. The Labute approximate surface area is 201 Å². The van der Waals surface area contributed by atoms with Crippen LogP contribution >= 0.6 is 0 Å². The fourth-order valence-electron chi connectivity index (χ4n) is 5.75. The molecule has 2 fully saturated rings. The van der Waals surface area contributed by atoms with Gasteiger partial charge in [-0.3, -0.25) is 14.9 Å². The quantitative estimate of drug-likeness (QED) is 0.569. The van der Waals surface area contributed by atoms with Gasteiger partial charge in [0.15, 0.2) is 0 Å². The highest BCUT2D eigenvalue weighted by Crippen LogP contribution is 2.52. The number of piperidine rings is 1. The summed E-state index contributed by atoms with van der Waals surface area (Å²) in [7, 11) is 0. The summed E-state index contributed by atoms with van der Waals surface area (Å²) in [6, 6.07) is 17.7. The minimum atomic E-state index is -0.801. The van der Waals surface area contributed by atoms with E-state index in [1.807, 2.05) is 36.4 Å². The number of nitrogens with zero attached hydrogens (tertiary/aromatic N) is 1. The van der Waals surface area contributed by atoms with Crippen LogP contribution in [0.4, 0.5) is 10.5 Å². The number of carboxylic acids is 1. The van der Waals surface area contributed by atoms with Crippen molar-refractivity contribution >= 4 is 23.7 Å². The Bertz CT molecular complexity index is 1280. The molecule has 178 valence electrons. The molecule has 8 nitrogen and oxygen atoms in total. The molecule has 2 amide bonds. The van der Waals surface area contributed by atoms with Crippen LogP contribution < -0.4 is 5.32 Å². The molecule has 8 heteroatoms. The molecule has 3 aliphatic rings. The molecule has 1 saturated carbocycles. The topological polar surface area (TPSA) is 109 Å². The molecule has 2 aliphatic carbocycles. The van der Waals surface area contributed by atoms with Gasteiger partial charge in [-0.05, 0) is 40.5 Å². The lowest BCUT2D eigenvalue weighted by atomic mass is 9.98. The van der Waals surface area contributed by atoms with Gasteiger partial charge in [0.25, 0.3) is 5.91 Å². The third-order valence-corrected chi connectivity index (χ3v) is 7.51. The van der Waals surface area contributed by atoms with E-state index in [0.717, 1.165) is 22.3 Å². The fraction of sp³-hybridized carbons (Fsp3) is 0.296. The second-order valence-corrected chi connectivity index (χ2v) is 9.35. The molecule has 0 bridgehead atoms. The summed E-state index contributed by atoms with van der Waals surface area (Å²) < 4.78 is 11.0. The van der Waals surface area contributed by atoms with Crippen molar-refractivity contribution in [2.75, 3.05) is 25.0 Å². The Morgan fingerprint density at radius 3 is 2.37 bits per heavy atom. The highest BCUT2D eigenvalue weighted by atomic mass is 16.5.